The van der Waals surface area contributed by atoms with Crippen LogP contribution in [0.1, 0.15) is 51.0 Å². The van der Waals surface area contributed by atoms with Gasteiger partial charge < -0.3 is 14.7 Å². The van der Waals surface area contributed by atoms with Crippen LogP contribution in [0.25, 0.3) is 0 Å². The SMILES string of the molecule is CCN(CCO)CCCCOC[C@H]1CC[C@H](CN(C)S(=O)(=O)c2ccc(C(F)(F)F)cc2)CC1. The quantitative estimate of drug-likeness (QED) is 0.381. The van der Waals surface area contributed by atoms with Crippen LogP contribution in [0.2, 0.25) is 0 Å². The maximum absolute atomic E-state index is 12.8. The van der Waals surface area contributed by atoms with E-state index in [9.17, 15) is 21.6 Å². The van der Waals surface area contributed by atoms with Crippen LogP contribution in [-0.4, -0.2) is 75.8 Å². The molecule has 0 heterocycles. The molecule has 1 fully saturated rings. The van der Waals surface area contributed by atoms with E-state index in [1.807, 2.05) is 0 Å². The van der Waals surface area contributed by atoms with Crippen LogP contribution >= 0.6 is 0 Å². The summed E-state index contributed by atoms with van der Waals surface area (Å²) in [6.45, 7) is 6.69. The molecule has 0 spiro atoms. The molecule has 2 rings (SSSR count). The number of sulfonamides is 1. The van der Waals surface area contributed by atoms with Crippen LogP contribution < -0.4 is 0 Å². The van der Waals surface area contributed by atoms with Crippen molar-refractivity contribution in [3.8, 4) is 0 Å². The predicted molar refractivity (Wildman–Crippen MR) is 126 cm³/mol. The smallest absolute Gasteiger partial charge is 0.395 e. The van der Waals surface area contributed by atoms with Gasteiger partial charge in [0.2, 0.25) is 10.0 Å². The normalized spacial score (nSPS) is 19.8. The van der Waals surface area contributed by atoms with Crippen molar-refractivity contribution in [3.63, 3.8) is 0 Å². The van der Waals surface area contributed by atoms with Crippen molar-refractivity contribution in [2.75, 3.05) is 53.0 Å². The van der Waals surface area contributed by atoms with Crippen molar-refractivity contribution in [1.82, 2.24) is 9.21 Å². The zero-order valence-corrected chi connectivity index (χ0v) is 21.1. The number of alkyl halides is 3. The van der Waals surface area contributed by atoms with Crippen molar-refractivity contribution in [3.05, 3.63) is 29.8 Å². The highest BCUT2D eigenvalue weighted by Crippen LogP contribution is 2.32. The Morgan fingerprint density at radius 3 is 2.21 bits per heavy atom. The van der Waals surface area contributed by atoms with Gasteiger partial charge in [0.05, 0.1) is 17.1 Å². The molecule has 10 heteroatoms. The summed E-state index contributed by atoms with van der Waals surface area (Å²) < 4.78 is 70.9. The third-order valence-corrected chi connectivity index (χ3v) is 8.44. The summed E-state index contributed by atoms with van der Waals surface area (Å²) in [6.07, 6.45) is 1.33. The molecule has 0 unspecified atom stereocenters. The minimum Gasteiger partial charge on any atom is -0.395 e. The number of unbranched alkanes of at least 4 members (excludes halogenated alkanes) is 1. The lowest BCUT2D eigenvalue weighted by atomic mass is 9.82. The minimum atomic E-state index is -4.49. The van der Waals surface area contributed by atoms with Crippen LogP contribution in [0, 0.1) is 11.8 Å². The van der Waals surface area contributed by atoms with Gasteiger partial charge in [-0.2, -0.15) is 13.2 Å². The molecule has 1 aromatic carbocycles. The average Bonchev–Trinajstić information content (AvgIpc) is 2.81. The van der Waals surface area contributed by atoms with Crippen LogP contribution in [0.3, 0.4) is 0 Å². The molecule has 6 nitrogen and oxygen atoms in total. The first-order chi connectivity index (χ1) is 16.1. The van der Waals surface area contributed by atoms with E-state index < -0.39 is 21.8 Å². The number of aliphatic hydroxyl groups is 1. The molecule has 0 aromatic heterocycles. The van der Waals surface area contributed by atoms with Crippen molar-refractivity contribution in [2.45, 2.75) is 56.5 Å². The molecule has 0 bridgehead atoms. The Bertz CT molecular complexity index is 811. The number of rotatable bonds is 14. The first kappa shape index (κ1) is 29.0. The van der Waals surface area contributed by atoms with E-state index in [2.05, 4.69) is 11.8 Å². The van der Waals surface area contributed by atoms with Crippen molar-refractivity contribution in [2.24, 2.45) is 11.8 Å². The van der Waals surface area contributed by atoms with E-state index in [4.69, 9.17) is 9.84 Å². The standard InChI is InChI=1S/C24H39F3N2O4S/c1-3-29(15-16-30)14-4-5-17-33-19-21-8-6-20(7-9-21)18-28(2)34(31,32)23-12-10-22(11-13-23)24(25,26)27/h10-13,20-21,30H,3-9,14-19H2,1-2H3/t20-,21-. The van der Waals surface area contributed by atoms with Gasteiger partial charge in [-0.3, -0.25) is 0 Å². The van der Waals surface area contributed by atoms with Gasteiger partial charge in [-0.1, -0.05) is 6.92 Å². The molecule has 1 aliphatic carbocycles. The minimum absolute atomic E-state index is 0.122. The molecular weight excluding hydrogens is 469 g/mol. The third-order valence-electron chi connectivity index (χ3n) is 6.60. The highest BCUT2D eigenvalue weighted by molar-refractivity contribution is 7.89. The van der Waals surface area contributed by atoms with E-state index in [0.29, 0.717) is 19.0 Å². The first-order valence-electron chi connectivity index (χ1n) is 12.1. The molecule has 0 aliphatic heterocycles. The Labute approximate surface area is 202 Å². The molecular formula is C24H39F3N2O4S. The number of benzene rings is 1. The molecule has 1 saturated carbocycles. The number of hydrogen-bond acceptors (Lipinski definition) is 5. The van der Waals surface area contributed by atoms with Gasteiger partial charge >= 0.3 is 6.18 Å². The Kier molecular flexibility index (Phi) is 11.8. The zero-order chi connectivity index (χ0) is 25.2. The Hall–Kier alpha value is -1.20. The largest absolute Gasteiger partial charge is 0.416 e. The number of hydrogen-bond donors (Lipinski definition) is 1. The summed E-state index contributed by atoms with van der Waals surface area (Å²) in [5, 5.41) is 9.01. The second-order valence-corrected chi connectivity index (χ2v) is 11.2. The summed E-state index contributed by atoms with van der Waals surface area (Å²) in [6, 6.07) is 3.66. The average molecular weight is 509 g/mol. The van der Waals surface area contributed by atoms with Gasteiger partial charge in [0.25, 0.3) is 0 Å². The Morgan fingerprint density at radius 2 is 1.65 bits per heavy atom. The summed E-state index contributed by atoms with van der Waals surface area (Å²) in [4.78, 5) is 2.10. The number of aliphatic hydroxyl groups excluding tert-OH is 1. The monoisotopic (exact) mass is 508 g/mol. The number of halogens is 3. The summed E-state index contributed by atoms with van der Waals surface area (Å²) in [5.41, 5.74) is -0.862. The second-order valence-electron chi connectivity index (χ2n) is 9.13. The first-order valence-corrected chi connectivity index (χ1v) is 13.6. The van der Waals surface area contributed by atoms with E-state index in [1.54, 1.807) is 0 Å². The van der Waals surface area contributed by atoms with Gasteiger partial charge in [0, 0.05) is 33.4 Å². The zero-order valence-electron chi connectivity index (χ0n) is 20.3. The highest BCUT2D eigenvalue weighted by atomic mass is 32.2. The van der Waals surface area contributed by atoms with Crippen molar-refractivity contribution >= 4 is 10.0 Å². The van der Waals surface area contributed by atoms with Gasteiger partial charge in [0.15, 0.2) is 0 Å². The van der Waals surface area contributed by atoms with Gasteiger partial charge in [-0.15, -0.1) is 0 Å². The Balaban J connectivity index is 1.68. The van der Waals surface area contributed by atoms with Gasteiger partial charge in [-0.05, 0) is 87.7 Å². The predicted octanol–water partition coefficient (Wildman–Crippen LogP) is 4.24. The van der Waals surface area contributed by atoms with E-state index in [-0.39, 0.29) is 17.4 Å². The lowest BCUT2D eigenvalue weighted by Crippen LogP contribution is -2.34. The number of ether oxygens (including phenoxy) is 1. The number of likely N-dealkylation sites (N-methyl/N-ethyl adjacent to an activating group) is 1. The molecule has 0 radical (unpaired) electrons. The fourth-order valence-electron chi connectivity index (χ4n) is 4.40. The summed E-state index contributed by atoms with van der Waals surface area (Å²) >= 11 is 0. The van der Waals surface area contributed by atoms with Crippen LogP contribution in [0.4, 0.5) is 13.2 Å². The molecule has 1 aliphatic rings. The third kappa shape index (κ3) is 9.11. The molecule has 1 N–H and O–H groups in total. The second kappa shape index (κ2) is 13.8. The molecule has 0 atom stereocenters. The van der Waals surface area contributed by atoms with E-state index in [0.717, 1.165) is 89.1 Å². The van der Waals surface area contributed by atoms with E-state index in [1.165, 1.54) is 11.4 Å². The topological polar surface area (TPSA) is 70.1 Å². The lowest BCUT2D eigenvalue weighted by Gasteiger charge is -2.31. The van der Waals surface area contributed by atoms with Gasteiger partial charge in [0.1, 0.15) is 0 Å². The lowest BCUT2D eigenvalue weighted by molar-refractivity contribution is -0.137. The molecule has 0 amide bonds. The Morgan fingerprint density at radius 1 is 1.03 bits per heavy atom. The fraction of sp³-hybridized carbons (Fsp3) is 0.750. The summed E-state index contributed by atoms with van der Waals surface area (Å²) in [5.74, 6) is 0.714. The van der Waals surface area contributed by atoms with Crippen LogP contribution in [0.15, 0.2) is 29.2 Å². The maximum Gasteiger partial charge on any atom is 0.416 e. The molecule has 0 saturated heterocycles. The van der Waals surface area contributed by atoms with Crippen LogP contribution in [0.5, 0.6) is 0 Å². The maximum atomic E-state index is 12.8. The molecule has 34 heavy (non-hydrogen) atoms. The van der Waals surface area contributed by atoms with Crippen molar-refractivity contribution < 1.29 is 31.4 Å². The van der Waals surface area contributed by atoms with E-state index >= 15 is 0 Å². The van der Waals surface area contributed by atoms with Crippen molar-refractivity contribution in [1.29, 1.82) is 0 Å². The van der Waals surface area contributed by atoms with Crippen LogP contribution in [-0.2, 0) is 20.9 Å². The highest BCUT2D eigenvalue weighted by Gasteiger charge is 2.32. The fourth-order valence-corrected chi connectivity index (χ4v) is 5.64. The molecule has 196 valence electrons. The summed E-state index contributed by atoms with van der Waals surface area (Å²) in [7, 11) is -2.34. The van der Waals surface area contributed by atoms with Gasteiger partial charge in [-0.25, -0.2) is 12.7 Å². The molecule has 1 aromatic rings. The number of nitrogens with zero attached hydrogens (tertiary/aromatic N) is 2.